The van der Waals surface area contributed by atoms with Crippen molar-refractivity contribution in [2.45, 2.75) is 20.3 Å². The lowest BCUT2D eigenvalue weighted by Gasteiger charge is -2.22. The van der Waals surface area contributed by atoms with Crippen LogP contribution in [0.2, 0.25) is 5.02 Å². The van der Waals surface area contributed by atoms with Crippen LogP contribution < -0.4 is 0 Å². The van der Waals surface area contributed by atoms with E-state index in [1.807, 2.05) is 20.9 Å². The van der Waals surface area contributed by atoms with Crippen LogP contribution in [-0.4, -0.2) is 21.5 Å². The van der Waals surface area contributed by atoms with Gasteiger partial charge in [0.05, 0.1) is 23.0 Å². The monoisotopic (exact) mass is 228 g/mol. The van der Waals surface area contributed by atoms with Gasteiger partial charge in [-0.25, -0.2) is 0 Å². The molecule has 0 spiro atoms. The summed E-state index contributed by atoms with van der Waals surface area (Å²) in [5, 5.41) is 14.2. The fourth-order valence-corrected chi connectivity index (χ4v) is 1.67. The summed E-state index contributed by atoms with van der Waals surface area (Å²) in [5.74, 6) is 0. The fraction of sp³-hybridized carbons (Fsp3) is 0.545. The highest BCUT2D eigenvalue weighted by Gasteiger charge is 2.24. The summed E-state index contributed by atoms with van der Waals surface area (Å²) in [5.41, 5.74) is 1.41. The second-order valence-corrected chi connectivity index (χ2v) is 4.54. The second-order valence-electron chi connectivity index (χ2n) is 4.16. The van der Waals surface area contributed by atoms with Crippen LogP contribution in [0.1, 0.15) is 18.3 Å². The Morgan fingerprint density at radius 3 is 2.60 bits per heavy atom. The first-order valence-electron chi connectivity index (χ1n) is 4.86. The normalized spacial score (nSPS) is 15.0. The van der Waals surface area contributed by atoms with E-state index in [-0.39, 0.29) is 12.0 Å². The third-order valence-corrected chi connectivity index (χ3v) is 3.18. The standard InChI is InChI=1S/C11H17ClN2O/c1-5-11(3,7-15)6-9-10(12)8(2)13-14(9)4/h5,15H,1,6-7H2,2-4H3. The van der Waals surface area contributed by atoms with Gasteiger partial charge in [-0.1, -0.05) is 24.6 Å². The van der Waals surface area contributed by atoms with Gasteiger partial charge >= 0.3 is 0 Å². The number of aromatic nitrogens is 2. The summed E-state index contributed by atoms with van der Waals surface area (Å²) in [4.78, 5) is 0. The molecule has 0 fully saturated rings. The summed E-state index contributed by atoms with van der Waals surface area (Å²) < 4.78 is 1.76. The van der Waals surface area contributed by atoms with Gasteiger partial charge in [0.2, 0.25) is 0 Å². The van der Waals surface area contributed by atoms with Crippen LogP contribution >= 0.6 is 11.6 Å². The number of hydrogen-bond donors (Lipinski definition) is 1. The number of hydrogen-bond acceptors (Lipinski definition) is 2. The van der Waals surface area contributed by atoms with Gasteiger partial charge in [-0.05, 0) is 6.92 Å². The molecule has 0 aliphatic rings. The summed E-state index contributed by atoms with van der Waals surface area (Å²) in [6, 6.07) is 0. The Hall–Kier alpha value is -0.800. The van der Waals surface area contributed by atoms with E-state index < -0.39 is 0 Å². The first-order valence-corrected chi connectivity index (χ1v) is 5.24. The summed E-state index contributed by atoms with van der Waals surface area (Å²) in [6.07, 6.45) is 2.40. The molecule has 0 radical (unpaired) electrons. The molecule has 0 saturated carbocycles. The molecule has 15 heavy (non-hydrogen) atoms. The minimum absolute atomic E-state index is 0.0526. The number of aliphatic hydroxyl groups is 1. The van der Waals surface area contributed by atoms with E-state index in [1.165, 1.54) is 0 Å². The predicted molar refractivity (Wildman–Crippen MR) is 62.0 cm³/mol. The van der Waals surface area contributed by atoms with Crippen molar-refractivity contribution < 1.29 is 5.11 Å². The molecule has 84 valence electrons. The largest absolute Gasteiger partial charge is 0.395 e. The average Bonchev–Trinajstić information content (AvgIpc) is 2.45. The van der Waals surface area contributed by atoms with Gasteiger partial charge in [0.15, 0.2) is 0 Å². The van der Waals surface area contributed by atoms with Crippen molar-refractivity contribution in [1.29, 1.82) is 0 Å². The Balaban J connectivity index is 3.03. The number of aliphatic hydroxyl groups excluding tert-OH is 1. The maximum Gasteiger partial charge on any atom is 0.0847 e. The molecule has 1 heterocycles. The highest BCUT2D eigenvalue weighted by Crippen LogP contribution is 2.28. The molecular weight excluding hydrogens is 212 g/mol. The van der Waals surface area contributed by atoms with Crippen LogP contribution in [0.25, 0.3) is 0 Å². The molecule has 1 aromatic rings. The molecule has 1 unspecified atom stereocenters. The molecule has 0 aliphatic heterocycles. The predicted octanol–water partition coefficient (Wildman–Crippen LogP) is 2.11. The lowest BCUT2D eigenvalue weighted by atomic mass is 9.86. The molecule has 0 aliphatic carbocycles. The zero-order valence-electron chi connectivity index (χ0n) is 9.42. The third-order valence-electron chi connectivity index (χ3n) is 2.69. The first-order chi connectivity index (χ1) is 6.93. The van der Waals surface area contributed by atoms with Gasteiger partial charge in [-0.2, -0.15) is 5.10 Å². The zero-order chi connectivity index (χ0) is 11.6. The van der Waals surface area contributed by atoms with Crippen LogP contribution in [0.15, 0.2) is 12.7 Å². The van der Waals surface area contributed by atoms with Crippen molar-refractivity contribution >= 4 is 11.6 Å². The van der Waals surface area contributed by atoms with Gasteiger partial charge in [0, 0.05) is 18.9 Å². The van der Waals surface area contributed by atoms with Crippen molar-refractivity contribution in [2.75, 3.05) is 6.61 Å². The van der Waals surface area contributed by atoms with Crippen molar-refractivity contribution in [3.8, 4) is 0 Å². The van der Waals surface area contributed by atoms with E-state index >= 15 is 0 Å². The number of nitrogens with zero attached hydrogens (tertiary/aromatic N) is 2. The average molecular weight is 229 g/mol. The zero-order valence-corrected chi connectivity index (χ0v) is 10.2. The molecule has 0 bridgehead atoms. The molecule has 4 heteroatoms. The van der Waals surface area contributed by atoms with E-state index in [0.29, 0.717) is 11.4 Å². The molecule has 1 rings (SSSR count). The summed E-state index contributed by atoms with van der Waals surface area (Å²) in [6.45, 7) is 7.60. The number of rotatable bonds is 4. The van der Waals surface area contributed by atoms with Crippen LogP contribution in [0.3, 0.4) is 0 Å². The van der Waals surface area contributed by atoms with E-state index in [0.717, 1.165) is 11.4 Å². The molecule has 1 aromatic heterocycles. The highest BCUT2D eigenvalue weighted by atomic mass is 35.5. The minimum atomic E-state index is -0.343. The van der Waals surface area contributed by atoms with Gasteiger partial charge in [0.25, 0.3) is 0 Å². The van der Waals surface area contributed by atoms with Gasteiger partial charge in [-0.3, -0.25) is 4.68 Å². The van der Waals surface area contributed by atoms with Gasteiger partial charge in [0.1, 0.15) is 0 Å². The van der Waals surface area contributed by atoms with Crippen molar-refractivity contribution in [1.82, 2.24) is 9.78 Å². The first kappa shape index (κ1) is 12.3. The van der Waals surface area contributed by atoms with Crippen LogP contribution in [-0.2, 0) is 13.5 Å². The third kappa shape index (κ3) is 2.41. The molecule has 1 atom stereocenters. The lowest BCUT2D eigenvalue weighted by molar-refractivity contribution is 0.182. The Morgan fingerprint density at radius 2 is 2.27 bits per heavy atom. The SMILES string of the molecule is C=CC(C)(CO)Cc1c(Cl)c(C)nn1C. The Kier molecular flexibility index (Phi) is 3.58. The van der Waals surface area contributed by atoms with E-state index in [4.69, 9.17) is 11.6 Å². The van der Waals surface area contributed by atoms with Gasteiger partial charge < -0.3 is 5.11 Å². The van der Waals surface area contributed by atoms with E-state index in [9.17, 15) is 5.11 Å². The fourth-order valence-electron chi connectivity index (χ4n) is 1.45. The van der Waals surface area contributed by atoms with Crippen molar-refractivity contribution in [2.24, 2.45) is 12.5 Å². The molecule has 0 aromatic carbocycles. The Bertz CT molecular complexity index is 373. The molecule has 0 amide bonds. The van der Waals surface area contributed by atoms with Crippen LogP contribution in [0, 0.1) is 12.3 Å². The van der Waals surface area contributed by atoms with E-state index in [2.05, 4.69) is 11.7 Å². The van der Waals surface area contributed by atoms with Crippen molar-refractivity contribution in [3.05, 3.63) is 29.1 Å². The second kappa shape index (κ2) is 4.37. The molecule has 1 N–H and O–H groups in total. The molecular formula is C11H17ClN2O. The number of halogens is 1. The number of aryl methyl sites for hydroxylation is 2. The topological polar surface area (TPSA) is 38.1 Å². The van der Waals surface area contributed by atoms with Crippen molar-refractivity contribution in [3.63, 3.8) is 0 Å². The maximum absolute atomic E-state index is 9.29. The van der Waals surface area contributed by atoms with Gasteiger partial charge in [-0.15, -0.1) is 6.58 Å². The molecule has 0 saturated heterocycles. The summed E-state index contributed by atoms with van der Waals surface area (Å²) in [7, 11) is 1.86. The Labute approximate surface area is 95.4 Å². The minimum Gasteiger partial charge on any atom is -0.395 e. The smallest absolute Gasteiger partial charge is 0.0847 e. The maximum atomic E-state index is 9.29. The lowest BCUT2D eigenvalue weighted by Crippen LogP contribution is -2.22. The summed E-state index contributed by atoms with van der Waals surface area (Å²) >= 11 is 6.13. The molecule has 3 nitrogen and oxygen atoms in total. The quantitative estimate of drug-likeness (QED) is 0.802. The van der Waals surface area contributed by atoms with E-state index in [1.54, 1.807) is 10.8 Å². The van der Waals surface area contributed by atoms with Crippen LogP contribution in [0.4, 0.5) is 0 Å². The highest BCUT2D eigenvalue weighted by molar-refractivity contribution is 6.31. The van der Waals surface area contributed by atoms with Crippen LogP contribution in [0.5, 0.6) is 0 Å². The Morgan fingerprint density at radius 1 is 1.67 bits per heavy atom.